The third-order valence-corrected chi connectivity index (χ3v) is 5.67. The molecular formula is C26H21F6N3O2. The average Bonchev–Trinajstić information content (AvgIpc) is 3.14. The van der Waals surface area contributed by atoms with E-state index in [-0.39, 0.29) is 11.4 Å². The van der Waals surface area contributed by atoms with Gasteiger partial charge in [0.05, 0.1) is 23.0 Å². The minimum absolute atomic E-state index is 0.0689. The van der Waals surface area contributed by atoms with E-state index in [1.165, 1.54) is 29.2 Å². The zero-order valence-corrected chi connectivity index (χ0v) is 19.6. The van der Waals surface area contributed by atoms with Crippen molar-refractivity contribution in [2.24, 2.45) is 0 Å². The first kappa shape index (κ1) is 26.1. The van der Waals surface area contributed by atoms with Crippen LogP contribution < -0.4 is 15.0 Å². The number of hydrogen-bond donors (Lipinski definition) is 1. The number of nitrogens with zero attached hydrogens (tertiary/aromatic N) is 2. The van der Waals surface area contributed by atoms with Gasteiger partial charge in [-0.25, -0.2) is 4.98 Å². The number of nitrogens with one attached hydrogen (secondary N) is 1. The zero-order valence-electron chi connectivity index (χ0n) is 19.6. The molecule has 0 aliphatic carbocycles. The van der Waals surface area contributed by atoms with Crippen LogP contribution in [0.3, 0.4) is 0 Å². The van der Waals surface area contributed by atoms with Crippen LogP contribution in [0.2, 0.25) is 0 Å². The average molecular weight is 521 g/mol. The molecule has 1 N–H and O–H groups in total. The highest BCUT2D eigenvalue weighted by Crippen LogP contribution is 2.38. The van der Waals surface area contributed by atoms with Gasteiger partial charge in [-0.05, 0) is 61.9 Å². The van der Waals surface area contributed by atoms with Gasteiger partial charge < -0.3 is 10.1 Å². The first-order valence-corrected chi connectivity index (χ1v) is 11.0. The molecule has 0 spiro atoms. The lowest BCUT2D eigenvalue weighted by atomic mass is 9.98. The first-order chi connectivity index (χ1) is 17.2. The quantitative estimate of drug-likeness (QED) is 0.377. The molecule has 0 unspecified atom stereocenters. The standard InChI is InChI=1S/C26H21F6N3O2/c1-24(2,21-9-6-10-22(33-21)25(27,28)29)34-19-15-20(16-7-4-3-5-8-16)35(23(19)36)17-11-13-18(14-12-17)37-26(30,31)32/h3-15,20,34H,1-2H3/t20-/m1/s1. The van der Waals surface area contributed by atoms with Crippen LogP contribution in [0.5, 0.6) is 5.75 Å². The largest absolute Gasteiger partial charge is 0.573 e. The number of rotatable bonds is 6. The Morgan fingerprint density at radius 1 is 0.838 bits per heavy atom. The van der Waals surface area contributed by atoms with E-state index >= 15 is 0 Å². The Bertz CT molecular complexity index is 1300. The number of carbonyl (C=O) groups is 1. The molecule has 0 bridgehead atoms. The van der Waals surface area contributed by atoms with E-state index in [1.807, 2.05) is 0 Å². The summed E-state index contributed by atoms with van der Waals surface area (Å²) in [5, 5.41) is 3.01. The maximum atomic E-state index is 13.5. The number of hydrogen-bond acceptors (Lipinski definition) is 4. The summed E-state index contributed by atoms with van der Waals surface area (Å²) >= 11 is 0. The van der Waals surface area contributed by atoms with Crippen molar-refractivity contribution in [3.63, 3.8) is 0 Å². The van der Waals surface area contributed by atoms with Crippen molar-refractivity contribution in [2.75, 3.05) is 4.90 Å². The highest BCUT2D eigenvalue weighted by molar-refractivity contribution is 6.09. The van der Waals surface area contributed by atoms with Crippen LogP contribution in [-0.4, -0.2) is 17.3 Å². The van der Waals surface area contributed by atoms with Gasteiger partial charge in [0, 0.05) is 5.69 Å². The van der Waals surface area contributed by atoms with Gasteiger partial charge >= 0.3 is 12.5 Å². The Balaban J connectivity index is 1.67. The Hall–Kier alpha value is -4.02. The fourth-order valence-electron chi connectivity index (χ4n) is 3.98. The summed E-state index contributed by atoms with van der Waals surface area (Å²) in [5.74, 6) is -0.958. The van der Waals surface area contributed by atoms with E-state index < -0.39 is 41.5 Å². The minimum atomic E-state index is -4.86. The van der Waals surface area contributed by atoms with E-state index in [0.717, 1.165) is 23.8 Å². The predicted molar refractivity (Wildman–Crippen MR) is 123 cm³/mol. The van der Waals surface area contributed by atoms with Gasteiger partial charge in [-0.3, -0.25) is 9.69 Å². The molecule has 0 radical (unpaired) electrons. The zero-order chi connectivity index (χ0) is 27.0. The minimum Gasteiger partial charge on any atom is -0.406 e. The van der Waals surface area contributed by atoms with Crippen molar-refractivity contribution in [1.29, 1.82) is 0 Å². The van der Waals surface area contributed by atoms with Crippen LogP contribution >= 0.6 is 0 Å². The number of carbonyl (C=O) groups excluding carboxylic acids is 1. The summed E-state index contributed by atoms with van der Waals surface area (Å²) in [7, 11) is 0. The summed E-state index contributed by atoms with van der Waals surface area (Å²) in [5.41, 5.74) is -1.04. The normalized spacial score (nSPS) is 16.5. The fraction of sp³-hybridized carbons (Fsp3) is 0.231. The molecule has 2 heterocycles. The van der Waals surface area contributed by atoms with Crippen LogP contribution in [0.1, 0.15) is 36.8 Å². The lowest BCUT2D eigenvalue weighted by Gasteiger charge is -2.29. The van der Waals surface area contributed by atoms with Crippen LogP contribution in [0.4, 0.5) is 32.0 Å². The molecule has 1 aromatic heterocycles. The monoisotopic (exact) mass is 521 g/mol. The molecule has 4 rings (SSSR count). The topological polar surface area (TPSA) is 54.5 Å². The Labute approximate surface area is 208 Å². The predicted octanol–water partition coefficient (Wildman–Crippen LogP) is 6.50. The van der Waals surface area contributed by atoms with E-state index in [0.29, 0.717) is 5.69 Å². The summed E-state index contributed by atoms with van der Waals surface area (Å²) in [4.78, 5) is 18.6. The number of pyridine rings is 1. The molecule has 37 heavy (non-hydrogen) atoms. The van der Waals surface area contributed by atoms with Crippen molar-refractivity contribution in [3.05, 3.63) is 102 Å². The number of halogens is 6. The molecule has 0 saturated carbocycles. The summed E-state index contributed by atoms with van der Waals surface area (Å²) in [6.07, 6.45) is -7.88. The second kappa shape index (κ2) is 9.45. The van der Waals surface area contributed by atoms with Crippen LogP contribution in [0.15, 0.2) is 84.6 Å². The Kier molecular flexibility index (Phi) is 6.66. The van der Waals surface area contributed by atoms with E-state index in [9.17, 15) is 31.1 Å². The van der Waals surface area contributed by atoms with Gasteiger partial charge in [0.1, 0.15) is 11.4 Å². The molecule has 3 aromatic rings. The summed E-state index contributed by atoms with van der Waals surface area (Å²) < 4.78 is 81.2. The first-order valence-electron chi connectivity index (χ1n) is 11.0. The Morgan fingerprint density at radius 3 is 2.05 bits per heavy atom. The fourth-order valence-corrected chi connectivity index (χ4v) is 3.98. The lowest BCUT2D eigenvalue weighted by Crippen LogP contribution is -2.41. The van der Waals surface area contributed by atoms with E-state index in [1.54, 1.807) is 50.3 Å². The number of amides is 1. The number of anilines is 1. The highest BCUT2D eigenvalue weighted by Gasteiger charge is 2.39. The van der Waals surface area contributed by atoms with Gasteiger partial charge in [0.15, 0.2) is 0 Å². The second-order valence-corrected chi connectivity index (χ2v) is 8.81. The van der Waals surface area contributed by atoms with E-state index in [4.69, 9.17) is 0 Å². The summed E-state index contributed by atoms with van der Waals surface area (Å²) in [6, 6.07) is 16.6. The molecule has 2 aromatic carbocycles. The number of ether oxygens (including phenoxy) is 1. The van der Waals surface area contributed by atoms with Crippen molar-refractivity contribution < 1.29 is 35.9 Å². The molecule has 5 nitrogen and oxygen atoms in total. The molecule has 1 aliphatic heterocycles. The van der Waals surface area contributed by atoms with Crippen molar-refractivity contribution >= 4 is 11.6 Å². The van der Waals surface area contributed by atoms with Gasteiger partial charge in [-0.1, -0.05) is 36.4 Å². The van der Waals surface area contributed by atoms with Crippen LogP contribution in [0, 0.1) is 0 Å². The third-order valence-electron chi connectivity index (χ3n) is 5.67. The van der Waals surface area contributed by atoms with E-state index in [2.05, 4.69) is 15.0 Å². The van der Waals surface area contributed by atoms with Gasteiger partial charge in [-0.2, -0.15) is 13.2 Å². The van der Waals surface area contributed by atoms with Crippen molar-refractivity contribution in [2.45, 2.75) is 38.0 Å². The van der Waals surface area contributed by atoms with Crippen LogP contribution in [0.25, 0.3) is 0 Å². The molecule has 194 valence electrons. The summed E-state index contributed by atoms with van der Waals surface area (Å²) in [6.45, 7) is 3.18. The smallest absolute Gasteiger partial charge is 0.406 e. The lowest BCUT2D eigenvalue weighted by molar-refractivity contribution is -0.274. The van der Waals surface area contributed by atoms with Crippen molar-refractivity contribution in [3.8, 4) is 5.75 Å². The molecule has 0 saturated heterocycles. The maximum absolute atomic E-state index is 13.5. The number of alkyl halides is 6. The van der Waals surface area contributed by atoms with Gasteiger partial charge in [0.25, 0.3) is 5.91 Å². The number of benzene rings is 2. The second-order valence-electron chi connectivity index (χ2n) is 8.81. The molecule has 1 amide bonds. The SMILES string of the molecule is CC(C)(NC1=C[C@H](c2ccccc2)N(c2ccc(OC(F)(F)F)cc2)C1=O)c1cccc(C(F)(F)F)n1. The number of aromatic nitrogens is 1. The molecule has 11 heteroatoms. The molecule has 1 aliphatic rings. The molecule has 1 atom stereocenters. The van der Waals surface area contributed by atoms with Crippen molar-refractivity contribution in [1.82, 2.24) is 10.3 Å². The third kappa shape index (κ3) is 5.87. The molecule has 0 fully saturated rings. The van der Waals surface area contributed by atoms with Gasteiger partial charge in [-0.15, -0.1) is 13.2 Å². The molecular weight excluding hydrogens is 500 g/mol. The van der Waals surface area contributed by atoms with Gasteiger partial charge in [0.2, 0.25) is 0 Å². The van der Waals surface area contributed by atoms with Crippen LogP contribution in [-0.2, 0) is 16.5 Å². The Morgan fingerprint density at radius 2 is 1.46 bits per heavy atom. The highest BCUT2D eigenvalue weighted by atomic mass is 19.4. The maximum Gasteiger partial charge on any atom is 0.573 e.